The van der Waals surface area contributed by atoms with E-state index < -0.39 is 0 Å². The van der Waals surface area contributed by atoms with Crippen LogP contribution in [0.1, 0.15) is 44.8 Å². The molecule has 23 heavy (non-hydrogen) atoms. The quantitative estimate of drug-likeness (QED) is 0.860. The zero-order valence-corrected chi connectivity index (χ0v) is 13.6. The molecule has 1 aromatic heterocycles. The number of carbonyl (C=O) groups excluding carboxylic acids is 2. The molecule has 1 atom stereocenters. The van der Waals surface area contributed by atoms with Gasteiger partial charge in [-0.25, -0.2) is 4.68 Å². The molecule has 0 radical (unpaired) electrons. The Balaban J connectivity index is 2.08. The normalized spacial score (nSPS) is 12.0. The van der Waals surface area contributed by atoms with Gasteiger partial charge in [-0.3, -0.25) is 9.59 Å². The van der Waals surface area contributed by atoms with Crippen LogP contribution in [0.5, 0.6) is 0 Å². The Hall–Kier alpha value is -2.63. The summed E-state index contributed by atoms with van der Waals surface area (Å²) < 4.78 is 1.74. The van der Waals surface area contributed by atoms with E-state index in [1.165, 1.54) is 6.92 Å². The first-order chi connectivity index (χ1) is 11.0. The Morgan fingerprint density at radius 1 is 1.17 bits per heavy atom. The fourth-order valence-electron chi connectivity index (χ4n) is 2.39. The number of nitrogens with one attached hydrogen (secondary N) is 2. The molecular weight excluding hydrogens is 292 g/mol. The summed E-state index contributed by atoms with van der Waals surface area (Å²) in [4.78, 5) is 23.8. The van der Waals surface area contributed by atoms with Gasteiger partial charge < -0.3 is 10.6 Å². The summed E-state index contributed by atoms with van der Waals surface area (Å²) in [6.07, 6.45) is 1.81. The van der Waals surface area contributed by atoms with Gasteiger partial charge in [-0.1, -0.05) is 30.3 Å². The predicted octanol–water partition coefficient (Wildman–Crippen LogP) is 2.67. The summed E-state index contributed by atoms with van der Waals surface area (Å²) in [5, 5.41) is 9.86. The molecule has 2 rings (SSSR count). The standard InChI is InChI=1S/C17H22N4O2/c1-12(2)21-16(9-10-18-21)20-17(23)11-15(19-13(3)22)14-7-5-4-6-8-14/h4-10,12,15H,11H2,1-3H3,(H,19,22)(H,20,23). The first-order valence-electron chi connectivity index (χ1n) is 7.62. The third-order valence-corrected chi connectivity index (χ3v) is 3.40. The number of anilines is 1. The molecule has 0 aliphatic rings. The minimum atomic E-state index is -0.357. The van der Waals surface area contributed by atoms with Crippen LogP contribution in [0.3, 0.4) is 0 Å². The topological polar surface area (TPSA) is 76.0 Å². The zero-order chi connectivity index (χ0) is 16.8. The fourth-order valence-corrected chi connectivity index (χ4v) is 2.39. The van der Waals surface area contributed by atoms with Gasteiger partial charge in [-0.2, -0.15) is 5.10 Å². The zero-order valence-electron chi connectivity index (χ0n) is 13.6. The van der Waals surface area contributed by atoms with E-state index >= 15 is 0 Å². The third kappa shape index (κ3) is 4.67. The van der Waals surface area contributed by atoms with Gasteiger partial charge in [0, 0.05) is 19.0 Å². The van der Waals surface area contributed by atoms with Gasteiger partial charge in [0.1, 0.15) is 5.82 Å². The number of aromatic nitrogens is 2. The average molecular weight is 314 g/mol. The van der Waals surface area contributed by atoms with Crippen LogP contribution < -0.4 is 10.6 Å². The number of benzene rings is 1. The molecule has 0 saturated carbocycles. The summed E-state index contributed by atoms with van der Waals surface area (Å²) >= 11 is 0. The molecule has 0 bridgehead atoms. The summed E-state index contributed by atoms with van der Waals surface area (Å²) in [7, 11) is 0. The van der Waals surface area contributed by atoms with E-state index in [1.54, 1.807) is 16.9 Å². The molecule has 6 nitrogen and oxygen atoms in total. The Bertz CT molecular complexity index is 664. The van der Waals surface area contributed by atoms with E-state index in [1.807, 2.05) is 44.2 Å². The van der Waals surface area contributed by atoms with Crippen molar-refractivity contribution in [3.63, 3.8) is 0 Å². The molecule has 2 amide bonds. The van der Waals surface area contributed by atoms with Gasteiger partial charge in [0.25, 0.3) is 0 Å². The van der Waals surface area contributed by atoms with Crippen LogP contribution in [-0.2, 0) is 9.59 Å². The second-order valence-corrected chi connectivity index (χ2v) is 5.67. The molecule has 6 heteroatoms. The Kier molecular flexibility index (Phi) is 5.51. The third-order valence-electron chi connectivity index (χ3n) is 3.40. The summed E-state index contributed by atoms with van der Waals surface area (Å²) in [6, 6.07) is 11.0. The van der Waals surface area contributed by atoms with Crippen LogP contribution in [0.4, 0.5) is 5.82 Å². The molecule has 1 heterocycles. The van der Waals surface area contributed by atoms with E-state index in [0.717, 1.165) is 5.56 Å². The largest absolute Gasteiger partial charge is 0.349 e. The molecule has 0 spiro atoms. The van der Waals surface area contributed by atoms with Gasteiger partial charge in [0.2, 0.25) is 11.8 Å². The lowest BCUT2D eigenvalue weighted by Crippen LogP contribution is -2.30. The van der Waals surface area contributed by atoms with Crippen molar-refractivity contribution in [3.05, 3.63) is 48.2 Å². The van der Waals surface area contributed by atoms with Crippen LogP contribution in [0, 0.1) is 0 Å². The predicted molar refractivity (Wildman–Crippen MR) is 88.9 cm³/mol. The molecule has 0 saturated heterocycles. The van der Waals surface area contributed by atoms with Crippen molar-refractivity contribution in [1.82, 2.24) is 15.1 Å². The summed E-state index contributed by atoms with van der Waals surface area (Å²) in [6.45, 7) is 5.43. The first-order valence-corrected chi connectivity index (χ1v) is 7.62. The second-order valence-electron chi connectivity index (χ2n) is 5.67. The molecule has 1 unspecified atom stereocenters. The van der Waals surface area contributed by atoms with Crippen molar-refractivity contribution >= 4 is 17.6 Å². The van der Waals surface area contributed by atoms with Crippen molar-refractivity contribution in [2.45, 2.75) is 39.3 Å². The Morgan fingerprint density at radius 3 is 2.48 bits per heavy atom. The number of carbonyl (C=O) groups is 2. The first kappa shape index (κ1) is 16.7. The van der Waals surface area contributed by atoms with E-state index in [0.29, 0.717) is 5.82 Å². The molecular formula is C17H22N4O2. The molecule has 0 fully saturated rings. The molecule has 0 aliphatic heterocycles. The van der Waals surface area contributed by atoms with Crippen LogP contribution in [0.2, 0.25) is 0 Å². The van der Waals surface area contributed by atoms with Crippen molar-refractivity contribution in [1.29, 1.82) is 0 Å². The van der Waals surface area contributed by atoms with Crippen LogP contribution in [0.15, 0.2) is 42.6 Å². The van der Waals surface area contributed by atoms with Crippen LogP contribution >= 0.6 is 0 Å². The van der Waals surface area contributed by atoms with Crippen molar-refractivity contribution in [2.24, 2.45) is 0 Å². The van der Waals surface area contributed by atoms with E-state index in [2.05, 4.69) is 15.7 Å². The SMILES string of the molecule is CC(=O)NC(CC(=O)Nc1ccnn1C(C)C)c1ccccc1. The fraction of sp³-hybridized carbons (Fsp3) is 0.353. The van der Waals surface area contributed by atoms with Crippen LogP contribution in [-0.4, -0.2) is 21.6 Å². The molecule has 2 aromatic rings. The average Bonchev–Trinajstić information content (AvgIpc) is 2.95. The maximum atomic E-state index is 12.3. The lowest BCUT2D eigenvalue weighted by atomic mass is 10.0. The smallest absolute Gasteiger partial charge is 0.227 e. The highest BCUT2D eigenvalue weighted by atomic mass is 16.2. The highest BCUT2D eigenvalue weighted by Gasteiger charge is 2.18. The highest BCUT2D eigenvalue weighted by molar-refractivity contribution is 5.90. The monoisotopic (exact) mass is 314 g/mol. The molecule has 1 aromatic carbocycles. The van der Waals surface area contributed by atoms with Gasteiger partial charge in [-0.15, -0.1) is 0 Å². The summed E-state index contributed by atoms with van der Waals surface area (Å²) in [5.74, 6) is 0.313. The van der Waals surface area contributed by atoms with Gasteiger partial charge >= 0.3 is 0 Å². The molecule has 122 valence electrons. The Morgan fingerprint density at radius 2 is 1.87 bits per heavy atom. The number of amides is 2. The lowest BCUT2D eigenvalue weighted by molar-refractivity contribution is -0.120. The van der Waals surface area contributed by atoms with Gasteiger partial charge in [-0.05, 0) is 19.4 Å². The number of hydrogen-bond acceptors (Lipinski definition) is 3. The maximum absolute atomic E-state index is 12.3. The molecule has 0 aliphatic carbocycles. The van der Waals surface area contributed by atoms with E-state index in [9.17, 15) is 9.59 Å². The Labute approximate surface area is 135 Å². The van der Waals surface area contributed by atoms with E-state index in [-0.39, 0.29) is 30.3 Å². The highest BCUT2D eigenvalue weighted by Crippen LogP contribution is 2.19. The van der Waals surface area contributed by atoms with Crippen molar-refractivity contribution in [2.75, 3.05) is 5.32 Å². The number of nitrogens with zero attached hydrogens (tertiary/aromatic N) is 2. The summed E-state index contributed by atoms with van der Waals surface area (Å²) in [5.41, 5.74) is 0.898. The molecule has 2 N–H and O–H groups in total. The number of hydrogen-bond donors (Lipinski definition) is 2. The lowest BCUT2D eigenvalue weighted by Gasteiger charge is -2.18. The van der Waals surface area contributed by atoms with Crippen molar-refractivity contribution in [3.8, 4) is 0 Å². The minimum Gasteiger partial charge on any atom is -0.349 e. The van der Waals surface area contributed by atoms with Gasteiger partial charge in [0.05, 0.1) is 18.7 Å². The number of rotatable bonds is 6. The maximum Gasteiger partial charge on any atom is 0.227 e. The van der Waals surface area contributed by atoms with Crippen LogP contribution in [0.25, 0.3) is 0 Å². The van der Waals surface area contributed by atoms with E-state index in [4.69, 9.17) is 0 Å². The second kappa shape index (κ2) is 7.58. The minimum absolute atomic E-state index is 0.153. The van der Waals surface area contributed by atoms with Crippen molar-refractivity contribution < 1.29 is 9.59 Å². The van der Waals surface area contributed by atoms with Gasteiger partial charge in [0.15, 0.2) is 0 Å².